The highest BCUT2D eigenvalue weighted by Gasteiger charge is 1.99. The van der Waals surface area contributed by atoms with Crippen molar-refractivity contribution in [3.05, 3.63) is 23.8 Å². The molecule has 3 nitrogen and oxygen atoms in total. The third-order valence-corrected chi connectivity index (χ3v) is 1.81. The van der Waals surface area contributed by atoms with Gasteiger partial charge in [-0.2, -0.15) is 5.26 Å². The third kappa shape index (κ3) is 2.33. The van der Waals surface area contributed by atoms with Crippen molar-refractivity contribution in [2.75, 3.05) is 12.4 Å². The van der Waals surface area contributed by atoms with Gasteiger partial charge in [-0.25, -0.2) is 0 Å². The zero-order valence-corrected chi connectivity index (χ0v) is 8.41. The van der Waals surface area contributed by atoms with Gasteiger partial charge in [-0.1, -0.05) is 6.92 Å². The number of benzene rings is 1. The summed E-state index contributed by atoms with van der Waals surface area (Å²) in [4.78, 5) is 4.27. The molecule has 0 amide bonds. The average molecular weight is 187 g/mol. The Morgan fingerprint density at radius 2 is 2.36 bits per heavy atom. The Hall–Kier alpha value is -1.82. The van der Waals surface area contributed by atoms with E-state index >= 15 is 0 Å². The second kappa shape index (κ2) is 5.03. The van der Waals surface area contributed by atoms with Crippen LogP contribution < -0.4 is 5.32 Å². The predicted molar refractivity (Wildman–Crippen MR) is 59.1 cm³/mol. The molecule has 0 fully saturated rings. The predicted octanol–water partition coefficient (Wildman–Crippen LogP) is 2.71. The van der Waals surface area contributed by atoms with Gasteiger partial charge in [-0.3, -0.25) is 4.99 Å². The minimum absolute atomic E-state index is 0.632. The van der Waals surface area contributed by atoms with E-state index in [1.54, 1.807) is 12.1 Å². The van der Waals surface area contributed by atoms with E-state index in [0.29, 0.717) is 5.56 Å². The standard InChI is InChI=1S/C11H13N3/c1-3-6-14-11-7-9(8-12)4-5-10(11)13-2/h4-7,13H,3H2,1-2H3. The maximum atomic E-state index is 8.73. The average Bonchev–Trinajstić information content (AvgIpc) is 2.25. The summed E-state index contributed by atoms with van der Waals surface area (Å²) in [5.74, 6) is 0. The third-order valence-electron chi connectivity index (χ3n) is 1.81. The number of nitrogens with zero attached hydrogens (tertiary/aromatic N) is 2. The number of aliphatic imine (C=N–C) groups is 1. The van der Waals surface area contributed by atoms with Crippen LogP contribution in [-0.4, -0.2) is 13.3 Å². The molecule has 72 valence electrons. The number of nitrogens with one attached hydrogen (secondary N) is 1. The van der Waals surface area contributed by atoms with E-state index in [-0.39, 0.29) is 0 Å². The van der Waals surface area contributed by atoms with Crippen LogP contribution >= 0.6 is 0 Å². The van der Waals surface area contributed by atoms with Gasteiger partial charge < -0.3 is 5.32 Å². The van der Waals surface area contributed by atoms with Crippen LogP contribution in [0.2, 0.25) is 0 Å². The zero-order valence-electron chi connectivity index (χ0n) is 8.41. The van der Waals surface area contributed by atoms with Crippen LogP contribution in [0.25, 0.3) is 0 Å². The van der Waals surface area contributed by atoms with E-state index in [1.807, 2.05) is 26.3 Å². The van der Waals surface area contributed by atoms with E-state index in [1.165, 1.54) is 0 Å². The van der Waals surface area contributed by atoms with Crippen molar-refractivity contribution in [2.45, 2.75) is 13.3 Å². The first-order valence-electron chi connectivity index (χ1n) is 4.56. The van der Waals surface area contributed by atoms with Crippen LogP contribution in [0.5, 0.6) is 0 Å². The normalized spacial score (nSPS) is 10.1. The summed E-state index contributed by atoms with van der Waals surface area (Å²) >= 11 is 0. The Morgan fingerprint density at radius 3 is 2.93 bits per heavy atom. The highest BCUT2D eigenvalue weighted by molar-refractivity contribution is 5.73. The van der Waals surface area contributed by atoms with Crippen LogP contribution in [0.3, 0.4) is 0 Å². The lowest BCUT2D eigenvalue weighted by molar-refractivity contribution is 1.31. The SMILES string of the molecule is CCC=Nc1cc(C#N)ccc1NC. The molecule has 0 aliphatic heterocycles. The van der Waals surface area contributed by atoms with Gasteiger partial charge >= 0.3 is 0 Å². The molecule has 1 rings (SSSR count). The molecule has 0 heterocycles. The molecule has 0 radical (unpaired) electrons. The first kappa shape index (κ1) is 10.3. The van der Waals surface area contributed by atoms with Crippen molar-refractivity contribution >= 4 is 17.6 Å². The maximum absolute atomic E-state index is 8.73. The number of hydrogen-bond acceptors (Lipinski definition) is 3. The van der Waals surface area contributed by atoms with Crippen molar-refractivity contribution < 1.29 is 0 Å². The van der Waals surface area contributed by atoms with E-state index < -0.39 is 0 Å². The lowest BCUT2D eigenvalue weighted by atomic mass is 10.2. The second-order valence-corrected chi connectivity index (χ2v) is 2.81. The van der Waals surface area contributed by atoms with Crippen molar-refractivity contribution in [1.29, 1.82) is 5.26 Å². The number of hydrogen-bond donors (Lipinski definition) is 1. The Balaban J connectivity index is 3.10. The van der Waals surface area contributed by atoms with Gasteiger partial charge in [-0.05, 0) is 24.6 Å². The first-order chi connectivity index (χ1) is 6.81. The van der Waals surface area contributed by atoms with Gasteiger partial charge in [0.25, 0.3) is 0 Å². The van der Waals surface area contributed by atoms with E-state index in [9.17, 15) is 0 Å². The summed E-state index contributed by atoms with van der Waals surface area (Å²) in [5.41, 5.74) is 2.38. The van der Waals surface area contributed by atoms with E-state index in [4.69, 9.17) is 5.26 Å². The fraction of sp³-hybridized carbons (Fsp3) is 0.273. The molecule has 0 saturated carbocycles. The molecule has 0 aliphatic rings. The summed E-state index contributed by atoms with van der Waals surface area (Å²) in [6.07, 6.45) is 2.72. The summed E-state index contributed by atoms with van der Waals surface area (Å²) in [5, 5.41) is 11.8. The van der Waals surface area contributed by atoms with Crippen LogP contribution in [0.1, 0.15) is 18.9 Å². The van der Waals surface area contributed by atoms with Crippen molar-refractivity contribution in [3.8, 4) is 6.07 Å². The molecule has 0 saturated heterocycles. The summed E-state index contributed by atoms with van der Waals surface area (Å²) < 4.78 is 0. The smallest absolute Gasteiger partial charge is 0.0992 e. The molecule has 0 aliphatic carbocycles. The monoisotopic (exact) mass is 187 g/mol. The number of rotatable bonds is 3. The number of nitriles is 1. The fourth-order valence-electron chi connectivity index (χ4n) is 1.11. The molecule has 1 N–H and O–H groups in total. The van der Waals surface area contributed by atoms with Gasteiger partial charge in [0.15, 0.2) is 0 Å². The Morgan fingerprint density at radius 1 is 1.57 bits per heavy atom. The summed E-state index contributed by atoms with van der Waals surface area (Å²) in [6.45, 7) is 2.02. The van der Waals surface area contributed by atoms with Crippen LogP contribution in [0.4, 0.5) is 11.4 Å². The van der Waals surface area contributed by atoms with Crippen molar-refractivity contribution in [2.24, 2.45) is 4.99 Å². The van der Waals surface area contributed by atoms with Gasteiger partial charge in [0.2, 0.25) is 0 Å². The molecule has 3 heteroatoms. The first-order valence-corrected chi connectivity index (χ1v) is 4.56. The summed E-state index contributed by atoms with van der Waals surface area (Å²) in [6, 6.07) is 7.51. The maximum Gasteiger partial charge on any atom is 0.0992 e. The Kier molecular flexibility index (Phi) is 3.69. The van der Waals surface area contributed by atoms with Gasteiger partial charge in [-0.15, -0.1) is 0 Å². The van der Waals surface area contributed by atoms with Gasteiger partial charge in [0, 0.05) is 13.3 Å². The van der Waals surface area contributed by atoms with Crippen molar-refractivity contribution in [1.82, 2.24) is 0 Å². The van der Waals surface area contributed by atoms with Crippen LogP contribution in [0, 0.1) is 11.3 Å². The molecule has 14 heavy (non-hydrogen) atoms. The zero-order chi connectivity index (χ0) is 10.4. The molecule has 0 bridgehead atoms. The lowest BCUT2D eigenvalue weighted by Crippen LogP contribution is -1.89. The van der Waals surface area contributed by atoms with E-state index in [0.717, 1.165) is 17.8 Å². The Labute approximate surface area is 84.1 Å². The summed E-state index contributed by atoms with van der Waals surface area (Å²) in [7, 11) is 1.84. The molecular weight excluding hydrogens is 174 g/mol. The van der Waals surface area contributed by atoms with Gasteiger partial charge in [0.05, 0.1) is 23.0 Å². The quantitative estimate of drug-likeness (QED) is 0.739. The van der Waals surface area contributed by atoms with E-state index in [2.05, 4.69) is 16.4 Å². The molecule has 0 atom stereocenters. The Bertz CT molecular complexity index is 375. The van der Waals surface area contributed by atoms with Crippen molar-refractivity contribution in [3.63, 3.8) is 0 Å². The molecular formula is C11H13N3. The fourth-order valence-corrected chi connectivity index (χ4v) is 1.11. The topological polar surface area (TPSA) is 48.2 Å². The molecule has 0 aromatic heterocycles. The molecule has 0 unspecified atom stereocenters. The highest BCUT2D eigenvalue weighted by Crippen LogP contribution is 2.25. The van der Waals surface area contributed by atoms with Crippen LogP contribution in [-0.2, 0) is 0 Å². The lowest BCUT2D eigenvalue weighted by Gasteiger charge is -2.04. The minimum Gasteiger partial charge on any atom is -0.386 e. The largest absolute Gasteiger partial charge is 0.386 e. The molecule has 1 aromatic carbocycles. The highest BCUT2D eigenvalue weighted by atomic mass is 14.9. The van der Waals surface area contributed by atoms with Crippen LogP contribution in [0.15, 0.2) is 23.2 Å². The molecule has 1 aromatic rings. The van der Waals surface area contributed by atoms with Gasteiger partial charge in [0.1, 0.15) is 0 Å². The molecule has 0 spiro atoms. The minimum atomic E-state index is 0.632. The second-order valence-electron chi connectivity index (χ2n) is 2.81. The number of anilines is 1.